The zero-order valence-electron chi connectivity index (χ0n) is 11.1. The lowest BCUT2D eigenvalue weighted by atomic mass is 10.3. The molecule has 0 saturated carbocycles. The summed E-state index contributed by atoms with van der Waals surface area (Å²) in [5.41, 5.74) is 0. The van der Waals surface area contributed by atoms with E-state index in [0.717, 1.165) is 3.79 Å². The van der Waals surface area contributed by atoms with Gasteiger partial charge < -0.3 is 9.47 Å². The van der Waals surface area contributed by atoms with Crippen molar-refractivity contribution in [1.82, 2.24) is 4.31 Å². The molecule has 0 aliphatic rings. The van der Waals surface area contributed by atoms with Crippen molar-refractivity contribution in [2.75, 3.05) is 34.0 Å². The SMILES string of the molecule is COCCN(C(C)COC)S(=O)(=O)c1ccc(Br)s1. The van der Waals surface area contributed by atoms with Crippen LogP contribution < -0.4 is 0 Å². The molecule has 0 aliphatic heterocycles. The number of ether oxygens (including phenoxy) is 2. The summed E-state index contributed by atoms with van der Waals surface area (Å²) in [5, 5.41) is 0. The van der Waals surface area contributed by atoms with E-state index in [2.05, 4.69) is 15.9 Å². The molecule has 1 heterocycles. The molecule has 0 saturated heterocycles. The van der Waals surface area contributed by atoms with Crippen LogP contribution in [0.4, 0.5) is 0 Å². The second kappa shape index (κ2) is 7.70. The average molecular weight is 372 g/mol. The Morgan fingerprint density at radius 1 is 1.37 bits per heavy atom. The Balaban J connectivity index is 3.01. The molecule has 1 aromatic rings. The second-order valence-electron chi connectivity index (χ2n) is 3.97. The molecule has 0 fully saturated rings. The first-order valence-electron chi connectivity index (χ1n) is 5.68. The molecule has 0 amide bonds. The number of hydrogen-bond acceptors (Lipinski definition) is 5. The number of sulfonamides is 1. The normalized spacial score (nSPS) is 13.9. The van der Waals surface area contributed by atoms with Crippen LogP contribution in [0.25, 0.3) is 0 Å². The van der Waals surface area contributed by atoms with Gasteiger partial charge in [0, 0.05) is 26.8 Å². The first-order chi connectivity index (χ1) is 8.93. The fourth-order valence-corrected chi connectivity index (χ4v) is 5.37. The molecule has 5 nitrogen and oxygen atoms in total. The van der Waals surface area contributed by atoms with Gasteiger partial charge in [0.2, 0.25) is 0 Å². The predicted molar refractivity (Wildman–Crippen MR) is 79.1 cm³/mol. The van der Waals surface area contributed by atoms with Gasteiger partial charge in [-0.05, 0) is 35.0 Å². The second-order valence-corrected chi connectivity index (χ2v) is 8.55. The van der Waals surface area contributed by atoms with Crippen LogP contribution in [0.5, 0.6) is 0 Å². The van der Waals surface area contributed by atoms with Crippen molar-refractivity contribution >= 4 is 37.3 Å². The maximum Gasteiger partial charge on any atom is 0.252 e. The lowest BCUT2D eigenvalue weighted by molar-refractivity contribution is 0.119. The van der Waals surface area contributed by atoms with Crippen molar-refractivity contribution in [1.29, 1.82) is 0 Å². The van der Waals surface area contributed by atoms with Gasteiger partial charge in [-0.3, -0.25) is 0 Å². The molecule has 1 aromatic heterocycles. The van der Waals surface area contributed by atoms with Gasteiger partial charge in [-0.15, -0.1) is 11.3 Å². The summed E-state index contributed by atoms with van der Waals surface area (Å²) in [4.78, 5) is 0. The summed E-state index contributed by atoms with van der Waals surface area (Å²) in [5.74, 6) is 0. The van der Waals surface area contributed by atoms with E-state index in [1.807, 2.05) is 6.92 Å². The fraction of sp³-hybridized carbons (Fsp3) is 0.636. The molecular formula is C11H18BrNO4S2. The van der Waals surface area contributed by atoms with Crippen molar-refractivity contribution in [3.8, 4) is 0 Å². The van der Waals surface area contributed by atoms with Crippen LogP contribution >= 0.6 is 27.3 Å². The molecule has 0 N–H and O–H groups in total. The summed E-state index contributed by atoms with van der Waals surface area (Å²) < 4.78 is 37.7. The Labute approximate surface area is 126 Å². The van der Waals surface area contributed by atoms with Crippen LogP contribution in [0, 0.1) is 0 Å². The largest absolute Gasteiger partial charge is 0.383 e. The highest BCUT2D eigenvalue weighted by molar-refractivity contribution is 9.11. The van der Waals surface area contributed by atoms with E-state index in [0.29, 0.717) is 24.0 Å². The minimum Gasteiger partial charge on any atom is -0.383 e. The molecule has 0 aliphatic carbocycles. The molecule has 19 heavy (non-hydrogen) atoms. The first-order valence-corrected chi connectivity index (χ1v) is 8.73. The van der Waals surface area contributed by atoms with Crippen LogP contribution in [-0.2, 0) is 19.5 Å². The maximum atomic E-state index is 12.6. The van der Waals surface area contributed by atoms with E-state index in [4.69, 9.17) is 9.47 Å². The molecule has 8 heteroatoms. The molecule has 110 valence electrons. The summed E-state index contributed by atoms with van der Waals surface area (Å²) in [6.45, 7) is 2.81. The lowest BCUT2D eigenvalue weighted by Crippen LogP contribution is -2.42. The third kappa shape index (κ3) is 4.51. The average Bonchev–Trinajstić information content (AvgIpc) is 2.77. The molecule has 1 atom stereocenters. The number of nitrogens with zero attached hydrogens (tertiary/aromatic N) is 1. The van der Waals surface area contributed by atoms with Gasteiger partial charge in [-0.25, -0.2) is 8.42 Å². The number of hydrogen-bond donors (Lipinski definition) is 0. The quantitative estimate of drug-likeness (QED) is 0.702. The van der Waals surface area contributed by atoms with Crippen LogP contribution in [0.2, 0.25) is 0 Å². The van der Waals surface area contributed by atoms with E-state index >= 15 is 0 Å². The van der Waals surface area contributed by atoms with Crippen molar-refractivity contribution in [2.45, 2.75) is 17.2 Å². The Hall–Kier alpha value is 0.01000. The third-order valence-corrected chi connectivity index (χ3v) is 6.63. The van der Waals surface area contributed by atoms with E-state index in [-0.39, 0.29) is 6.04 Å². The highest BCUT2D eigenvalue weighted by Gasteiger charge is 2.30. The third-order valence-electron chi connectivity index (χ3n) is 2.53. The summed E-state index contributed by atoms with van der Waals surface area (Å²) in [6.07, 6.45) is 0. The van der Waals surface area contributed by atoms with Gasteiger partial charge >= 0.3 is 0 Å². The highest BCUT2D eigenvalue weighted by Crippen LogP contribution is 2.29. The zero-order valence-corrected chi connectivity index (χ0v) is 14.3. The van der Waals surface area contributed by atoms with E-state index < -0.39 is 10.0 Å². The van der Waals surface area contributed by atoms with E-state index in [9.17, 15) is 8.42 Å². The van der Waals surface area contributed by atoms with Crippen molar-refractivity contribution in [2.24, 2.45) is 0 Å². The lowest BCUT2D eigenvalue weighted by Gasteiger charge is -2.27. The van der Waals surface area contributed by atoms with Gasteiger partial charge in [-0.1, -0.05) is 0 Å². The molecule has 1 unspecified atom stereocenters. The maximum absolute atomic E-state index is 12.6. The Morgan fingerprint density at radius 3 is 2.53 bits per heavy atom. The number of rotatable bonds is 8. The minimum absolute atomic E-state index is 0.244. The van der Waals surface area contributed by atoms with Gasteiger partial charge in [0.1, 0.15) is 4.21 Å². The number of methoxy groups -OCH3 is 2. The summed E-state index contributed by atoms with van der Waals surface area (Å²) >= 11 is 4.48. The molecular weight excluding hydrogens is 354 g/mol. The van der Waals surface area contributed by atoms with Crippen molar-refractivity contribution in [3.63, 3.8) is 0 Å². The molecule has 0 bridgehead atoms. The Morgan fingerprint density at radius 2 is 2.05 bits per heavy atom. The van der Waals surface area contributed by atoms with Gasteiger partial charge in [0.25, 0.3) is 10.0 Å². The topological polar surface area (TPSA) is 55.8 Å². The Kier molecular flexibility index (Phi) is 6.92. The van der Waals surface area contributed by atoms with E-state index in [1.54, 1.807) is 26.4 Å². The monoisotopic (exact) mass is 371 g/mol. The van der Waals surface area contributed by atoms with Gasteiger partial charge in [0.05, 0.1) is 17.0 Å². The smallest absolute Gasteiger partial charge is 0.252 e. The van der Waals surface area contributed by atoms with E-state index in [1.165, 1.54) is 15.6 Å². The standard InChI is InChI=1S/C11H18BrNO4S2/c1-9(8-17-3)13(6-7-16-2)19(14,15)11-5-4-10(12)18-11/h4-5,9H,6-8H2,1-3H3. The zero-order chi connectivity index (χ0) is 14.5. The van der Waals surface area contributed by atoms with Crippen molar-refractivity contribution in [3.05, 3.63) is 15.9 Å². The fourth-order valence-electron chi connectivity index (χ4n) is 1.63. The first kappa shape index (κ1) is 17.1. The van der Waals surface area contributed by atoms with Crippen LogP contribution in [0.15, 0.2) is 20.1 Å². The molecule has 0 spiro atoms. The highest BCUT2D eigenvalue weighted by atomic mass is 79.9. The molecule has 0 aromatic carbocycles. The predicted octanol–water partition coefficient (Wildman–Crippen LogP) is 2.18. The van der Waals surface area contributed by atoms with Gasteiger partial charge in [-0.2, -0.15) is 4.31 Å². The number of thiophene rings is 1. The number of halogens is 1. The van der Waals surface area contributed by atoms with Crippen LogP contribution in [-0.4, -0.2) is 52.7 Å². The summed E-state index contributed by atoms with van der Waals surface area (Å²) in [7, 11) is -0.408. The molecule has 1 rings (SSSR count). The van der Waals surface area contributed by atoms with Crippen molar-refractivity contribution < 1.29 is 17.9 Å². The summed E-state index contributed by atoms with van der Waals surface area (Å²) in [6, 6.07) is 3.09. The Bertz CT molecular complexity index is 489. The van der Waals surface area contributed by atoms with Crippen LogP contribution in [0.3, 0.4) is 0 Å². The molecule has 0 radical (unpaired) electrons. The van der Waals surface area contributed by atoms with Crippen LogP contribution in [0.1, 0.15) is 6.92 Å². The van der Waals surface area contributed by atoms with Gasteiger partial charge in [0.15, 0.2) is 0 Å². The minimum atomic E-state index is -3.51.